The van der Waals surface area contributed by atoms with Crippen LogP contribution in [0.25, 0.3) is 0 Å². The van der Waals surface area contributed by atoms with Crippen molar-refractivity contribution in [1.29, 1.82) is 0 Å². The summed E-state index contributed by atoms with van der Waals surface area (Å²) < 4.78 is 1.43. The molecule has 0 aromatic carbocycles. The van der Waals surface area contributed by atoms with Crippen LogP contribution >= 0.6 is 0 Å². The highest BCUT2D eigenvalue weighted by molar-refractivity contribution is 6.01. The van der Waals surface area contributed by atoms with Crippen LogP contribution in [-0.4, -0.2) is 102 Å². The number of rotatable bonds is 9. The molecule has 0 radical (unpaired) electrons. The lowest BCUT2D eigenvalue weighted by molar-refractivity contribution is -0.605. The summed E-state index contributed by atoms with van der Waals surface area (Å²) in [7, 11) is 1.52. The first-order valence-electron chi connectivity index (χ1n) is 19.9. The Balaban J connectivity index is 0.000000202. The molecule has 0 bridgehead atoms. The number of anilines is 1. The number of pyridine rings is 3. The monoisotopic (exact) mass is 769 g/mol. The van der Waals surface area contributed by atoms with Gasteiger partial charge in [0.15, 0.2) is 30.6 Å². The number of hydrogen-bond donors (Lipinski definition) is 2. The van der Waals surface area contributed by atoms with E-state index in [1.165, 1.54) is 31.9 Å². The number of nitrogen functional groups attached to an aromatic ring is 1. The normalized spacial score (nSPS) is 19.6. The van der Waals surface area contributed by atoms with Gasteiger partial charge in [-0.3, -0.25) is 19.3 Å². The van der Waals surface area contributed by atoms with Gasteiger partial charge < -0.3 is 36.1 Å². The molecule has 15 heteroatoms. The highest BCUT2D eigenvalue weighted by atomic mass is 16.6. The van der Waals surface area contributed by atoms with Gasteiger partial charge in [-0.15, -0.1) is 0 Å². The number of likely N-dealkylation sites (tertiary alicyclic amines) is 3. The van der Waals surface area contributed by atoms with E-state index in [0.717, 1.165) is 92.8 Å². The van der Waals surface area contributed by atoms with Gasteiger partial charge in [0.1, 0.15) is 12.9 Å². The van der Waals surface area contributed by atoms with Crippen LogP contribution in [0.15, 0.2) is 72.5 Å². The Hall–Kier alpha value is -5.15. The third-order valence-electron chi connectivity index (χ3n) is 11.6. The first kappa shape index (κ1) is 40.5. The molecular weight excluding hydrogens is 715 g/mol. The zero-order valence-electron chi connectivity index (χ0n) is 32.3. The number of amides is 2. The van der Waals surface area contributed by atoms with Crippen molar-refractivity contribution < 1.29 is 28.7 Å². The van der Waals surface area contributed by atoms with E-state index in [-0.39, 0.29) is 41.3 Å². The number of aromatic nitrogens is 3. The minimum absolute atomic E-state index is 0.0177. The van der Waals surface area contributed by atoms with Crippen LogP contribution in [0, 0.1) is 34.1 Å². The molecule has 4 aliphatic heterocycles. The summed E-state index contributed by atoms with van der Waals surface area (Å²) in [4.78, 5) is 53.5. The molecule has 15 nitrogen and oxygen atoms in total. The molecule has 0 unspecified atom stereocenters. The van der Waals surface area contributed by atoms with Crippen molar-refractivity contribution in [2.45, 2.75) is 57.9 Å². The van der Waals surface area contributed by atoms with Crippen molar-refractivity contribution in [2.24, 2.45) is 28.8 Å². The van der Waals surface area contributed by atoms with Gasteiger partial charge in [-0.05, 0) is 107 Å². The number of ketones is 1. The molecule has 0 atom stereocenters. The maximum absolute atomic E-state index is 13.2. The minimum Gasteiger partial charge on any atom is -0.619 e. The average Bonchev–Trinajstić information content (AvgIpc) is 3.23. The van der Waals surface area contributed by atoms with Crippen LogP contribution in [0.1, 0.15) is 72.9 Å². The summed E-state index contributed by atoms with van der Waals surface area (Å²) in [5.41, 5.74) is 8.95. The molecule has 7 rings (SSSR count). The predicted octanol–water partition coefficient (Wildman–Crippen LogP) is 2.54. The van der Waals surface area contributed by atoms with Gasteiger partial charge in [0.05, 0.1) is 16.8 Å². The lowest BCUT2D eigenvalue weighted by Crippen LogP contribution is -2.46. The number of oxime groups is 1. The summed E-state index contributed by atoms with van der Waals surface area (Å²) in [5, 5.41) is 30.5. The predicted molar refractivity (Wildman–Crippen MR) is 210 cm³/mol. The molecule has 7 heterocycles. The van der Waals surface area contributed by atoms with E-state index in [0.29, 0.717) is 55.1 Å². The van der Waals surface area contributed by atoms with Crippen molar-refractivity contribution in [3.8, 4) is 0 Å². The van der Waals surface area contributed by atoms with Gasteiger partial charge in [-0.25, -0.2) is 4.98 Å². The number of carbonyl (C=O) groups excluding carboxylic acids is 3. The summed E-state index contributed by atoms with van der Waals surface area (Å²) >= 11 is 0. The highest BCUT2D eigenvalue weighted by Gasteiger charge is 2.34. The quantitative estimate of drug-likeness (QED) is 0.108. The Bertz CT molecular complexity index is 1810. The number of Topliss-reactive ketones (excluding diaryl/α,β-unsaturated/α-hetero) is 1. The average molecular weight is 770 g/mol. The molecule has 0 saturated carbocycles. The molecule has 3 aromatic rings. The van der Waals surface area contributed by atoms with Crippen LogP contribution in [0.2, 0.25) is 0 Å². The highest BCUT2D eigenvalue weighted by Crippen LogP contribution is 2.28. The van der Waals surface area contributed by atoms with Crippen molar-refractivity contribution >= 4 is 29.1 Å². The molecule has 4 aliphatic rings. The van der Waals surface area contributed by atoms with E-state index in [9.17, 15) is 24.8 Å². The van der Waals surface area contributed by atoms with E-state index in [1.807, 2.05) is 28.0 Å². The van der Waals surface area contributed by atoms with Crippen LogP contribution in [0.3, 0.4) is 0 Å². The van der Waals surface area contributed by atoms with E-state index >= 15 is 0 Å². The fourth-order valence-corrected chi connectivity index (χ4v) is 8.41. The Morgan fingerprint density at radius 1 is 0.786 bits per heavy atom. The number of carbonyl (C=O) groups is 3. The fraction of sp³-hybridized carbons (Fsp3) is 0.537. The number of piperidine rings is 4. The molecular formula is C41H55N9O6. The largest absolute Gasteiger partial charge is 0.619 e. The lowest BCUT2D eigenvalue weighted by Gasteiger charge is -2.37. The minimum atomic E-state index is -0.0885. The van der Waals surface area contributed by atoms with Gasteiger partial charge >= 0.3 is 0 Å². The molecule has 300 valence electrons. The number of nitrogens with two attached hydrogens (primary N) is 1. The summed E-state index contributed by atoms with van der Waals surface area (Å²) in [6.45, 7) is 7.16. The maximum atomic E-state index is 13.2. The first-order chi connectivity index (χ1) is 27.2. The summed E-state index contributed by atoms with van der Waals surface area (Å²) in [5.74, 6) is 1.36. The van der Waals surface area contributed by atoms with Crippen LogP contribution in [0.4, 0.5) is 5.82 Å². The molecule has 3 aromatic heterocycles. The Kier molecular flexibility index (Phi) is 14.2. The van der Waals surface area contributed by atoms with Gasteiger partial charge in [-0.1, -0.05) is 5.16 Å². The van der Waals surface area contributed by atoms with Crippen molar-refractivity contribution in [2.75, 3.05) is 65.2 Å². The SMILES string of the molecule is CON=C(c1ccc[n+]([O-])c1)C1CCN(C(=O)C2CCN(Cc3ccnc(N)c3)CC2)CC1.O=C(c1ccc[n+]([O-])c1)C1CCN(C(=O)C2CCNCC2)CC1. The first-order valence-corrected chi connectivity index (χ1v) is 19.9. The molecule has 56 heavy (non-hydrogen) atoms. The third-order valence-corrected chi connectivity index (χ3v) is 11.6. The van der Waals surface area contributed by atoms with Crippen LogP contribution < -0.4 is 20.5 Å². The molecule has 0 spiro atoms. The fourth-order valence-electron chi connectivity index (χ4n) is 8.41. The summed E-state index contributed by atoms with van der Waals surface area (Å²) in [6.07, 6.45) is 14.0. The second-order valence-electron chi connectivity index (χ2n) is 15.3. The second-order valence-corrected chi connectivity index (χ2v) is 15.3. The molecule has 4 fully saturated rings. The number of nitrogens with zero attached hydrogens (tertiary/aromatic N) is 7. The smallest absolute Gasteiger partial charge is 0.225 e. The van der Waals surface area contributed by atoms with E-state index in [1.54, 1.807) is 24.4 Å². The van der Waals surface area contributed by atoms with Gasteiger partial charge in [-0.2, -0.15) is 9.46 Å². The van der Waals surface area contributed by atoms with Crippen molar-refractivity contribution in [3.63, 3.8) is 0 Å². The maximum Gasteiger partial charge on any atom is 0.225 e. The zero-order valence-corrected chi connectivity index (χ0v) is 32.3. The number of nitrogens with one attached hydrogen (secondary N) is 1. The van der Waals surface area contributed by atoms with E-state index in [2.05, 4.69) is 20.4 Å². The zero-order chi connectivity index (χ0) is 39.4. The number of hydrogen-bond acceptors (Lipinski definition) is 11. The van der Waals surface area contributed by atoms with Crippen LogP contribution in [-0.2, 0) is 21.0 Å². The van der Waals surface area contributed by atoms with Crippen molar-refractivity contribution in [3.05, 3.63) is 94.5 Å². The van der Waals surface area contributed by atoms with E-state index in [4.69, 9.17) is 10.6 Å². The lowest BCUT2D eigenvalue weighted by atomic mass is 9.87. The standard InChI is InChI=1S/C24H32N6O3.C17H23N3O3/c1-33-27-23(21-3-2-10-30(32)17-21)19-7-13-29(14-8-19)24(31)20-5-11-28(12-6-20)16-18-4-9-26-22(25)15-18;21-16(15-2-1-9-20(23)12-15)13-5-10-19(11-6-13)17(22)14-3-7-18-8-4-14/h2-4,9-10,15,17,19-20H,5-8,11-14,16H2,1H3,(H2,25,26);1-2,9,12-14,18H,3-8,10-11H2. The van der Waals surface area contributed by atoms with Crippen LogP contribution in [0.5, 0.6) is 0 Å². The third kappa shape index (κ3) is 10.8. The van der Waals surface area contributed by atoms with Gasteiger partial charge in [0.25, 0.3) is 0 Å². The summed E-state index contributed by atoms with van der Waals surface area (Å²) in [6, 6.07) is 10.8. The topological polar surface area (TPSA) is 187 Å². The Labute approximate surface area is 328 Å². The van der Waals surface area contributed by atoms with Gasteiger partial charge in [0.2, 0.25) is 11.8 Å². The van der Waals surface area contributed by atoms with Crippen molar-refractivity contribution in [1.82, 2.24) is 25.0 Å². The molecule has 0 aliphatic carbocycles. The second kappa shape index (κ2) is 19.6. The Morgan fingerprint density at radius 3 is 1.89 bits per heavy atom. The van der Waals surface area contributed by atoms with E-state index < -0.39 is 0 Å². The molecule has 4 saturated heterocycles. The molecule has 2 amide bonds. The van der Waals surface area contributed by atoms with Gasteiger partial charge in [0, 0.05) is 74.7 Å². The Morgan fingerprint density at radius 2 is 1.32 bits per heavy atom. The molecule has 3 N–H and O–H groups in total.